The summed E-state index contributed by atoms with van der Waals surface area (Å²) in [7, 11) is 1.73. The van der Waals surface area contributed by atoms with E-state index >= 15 is 0 Å². The number of unbranched alkanes of at least 4 members (excludes halogenated alkanes) is 2. The van der Waals surface area contributed by atoms with Gasteiger partial charge in [0.2, 0.25) is 0 Å². The Morgan fingerprint density at radius 3 is 2.35 bits per heavy atom. The molecule has 0 amide bonds. The lowest BCUT2D eigenvalue weighted by molar-refractivity contribution is 0.276. The highest BCUT2D eigenvalue weighted by molar-refractivity contribution is 5.31. The first-order valence-corrected chi connectivity index (χ1v) is 5.94. The van der Waals surface area contributed by atoms with Gasteiger partial charge in [0, 0.05) is 6.54 Å². The summed E-state index contributed by atoms with van der Waals surface area (Å²) in [5.41, 5.74) is 0.573. The minimum absolute atomic E-state index is 0.263. The summed E-state index contributed by atoms with van der Waals surface area (Å²) in [6, 6.07) is 2.60. The molecule has 0 saturated carbocycles. The summed E-state index contributed by atoms with van der Waals surface area (Å²) in [5, 5.41) is 2.84. The molecule has 0 aromatic heterocycles. The molecule has 2 nitrogen and oxygen atoms in total. The Hall–Kier alpha value is -1.16. The third kappa shape index (κ3) is 4.30. The van der Waals surface area contributed by atoms with Gasteiger partial charge in [0.15, 0.2) is 17.4 Å². The Kier molecular flexibility index (Phi) is 5.91. The van der Waals surface area contributed by atoms with Crippen molar-refractivity contribution in [2.45, 2.75) is 32.7 Å². The van der Waals surface area contributed by atoms with Crippen LogP contribution in [0.3, 0.4) is 0 Å². The van der Waals surface area contributed by atoms with Crippen molar-refractivity contribution >= 4 is 0 Å². The molecule has 4 heteroatoms. The van der Waals surface area contributed by atoms with Gasteiger partial charge in [-0.2, -0.15) is 0 Å². The zero-order valence-corrected chi connectivity index (χ0v) is 10.4. The van der Waals surface area contributed by atoms with Crippen LogP contribution in [0.1, 0.15) is 31.7 Å². The number of nitrogens with one attached hydrogen (secondary N) is 1. The molecular formula is C13H19F2NO. The molecule has 0 heterocycles. The predicted molar refractivity (Wildman–Crippen MR) is 64.1 cm³/mol. The van der Waals surface area contributed by atoms with Gasteiger partial charge in [0.25, 0.3) is 0 Å². The topological polar surface area (TPSA) is 21.3 Å². The summed E-state index contributed by atoms with van der Waals surface area (Å²) < 4.78 is 32.2. The smallest absolute Gasteiger partial charge is 0.190 e. The van der Waals surface area contributed by atoms with Crippen LogP contribution in [0, 0.1) is 11.6 Å². The Morgan fingerprint density at radius 1 is 1.18 bits per heavy atom. The van der Waals surface area contributed by atoms with Gasteiger partial charge < -0.3 is 10.1 Å². The standard InChI is InChI=1S/C13H19F2NO/c1-3-4-5-6-17-13-11(14)7-10(9-16-2)8-12(13)15/h7-8,16H,3-6,9H2,1-2H3. The molecule has 96 valence electrons. The van der Waals surface area contributed by atoms with Crippen molar-refractivity contribution in [3.8, 4) is 5.75 Å². The van der Waals surface area contributed by atoms with E-state index in [-0.39, 0.29) is 5.75 Å². The molecule has 1 N–H and O–H groups in total. The highest BCUT2D eigenvalue weighted by atomic mass is 19.1. The summed E-state index contributed by atoms with van der Waals surface area (Å²) in [6.45, 7) is 2.85. The van der Waals surface area contributed by atoms with Crippen molar-refractivity contribution in [2.75, 3.05) is 13.7 Å². The fourth-order valence-electron chi connectivity index (χ4n) is 1.58. The van der Waals surface area contributed by atoms with Crippen molar-refractivity contribution < 1.29 is 13.5 Å². The number of ether oxygens (including phenoxy) is 1. The van der Waals surface area contributed by atoms with Crippen molar-refractivity contribution in [3.05, 3.63) is 29.3 Å². The van der Waals surface area contributed by atoms with E-state index in [1.165, 1.54) is 12.1 Å². The second-order valence-electron chi connectivity index (χ2n) is 3.97. The van der Waals surface area contributed by atoms with E-state index in [9.17, 15) is 8.78 Å². The van der Waals surface area contributed by atoms with Crippen LogP contribution in [0.5, 0.6) is 5.75 Å². The maximum atomic E-state index is 13.6. The Labute approximate surface area is 101 Å². The Morgan fingerprint density at radius 2 is 1.82 bits per heavy atom. The first-order chi connectivity index (χ1) is 8.19. The average molecular weight is 243 g/mol. The van der Waals surface area contributed by atoms with Crippen LogP contribution in [0.2, 0.25) is 0 Å². The zero-order chi connectivity index (χ0) is 12.7. The maximum Gasteiger partial charge on any atom is 0.190 e. The molecule has 17 heavy (non-hydrogen) atoms. The van der Waals surface area contributed by atoms with E-state index in [2.05, 4.69) is 12.2 Å². The van der Waals surface area contributed by atoms with Crippen LogP contribution in [0.15, 0.2) is 12.1 Å². The van der Waals surface area contributed by atoms with E-state index in [1.807, 2.05) is 0 Å². The first-order valence-electron chi connectivity index (χ1n) is 5.94. The summed E-state index contributed by atoms with van der Waals surface area (Å²) in [5.74, 6) is -1.53. The maximum absolute atomic E-state index is 13.6. The second-order valence-corrected chi connectivity index (χ2v) is 3.97. The van der Waals surface area contributed by atoms with Gasteiger partial charge in [-0.3, -0.25) is 0 Å². The largest absolute Gasteiger partial charge is 0.488 e. The van der Waals surface area contributed by atoms with Crippen LogP contribution in [0.25, 0.3) is 0 Å². The lowest BCUT2D eigenvalue weighted by atomic mass is 10.2. The number of hydrogen-bond acceptors (Lipinski definition) is 2. The van der Waals surface area contributed by atoms with E-state index < -0.39 is 11.6 Å². The van der Waals surface area contributed by atoms with Crippen LogP contribution in [-0.2, 0) is 6.54 Å². The lowest BCUT2D eigenvalue weighted by Crippen LogP contribution is -2.07. The SMILES string of the molecule is CCCCCOc1c(F)cc(CNC)cc1F. The molecule has 0 bridgehead atoms. The molecule has 1 aromatic carbocycles. The first kappa shape index (κ1) is 13.9. The minimum atomic E-state index is -0.633. The molecule has 0 spiro atoms. The highest BCUT2D eigenvalue weighted by Crippen LogP contribution is 2.23. The van der Waals surface area contributed by atoms with E-state index in [0.29, 0.717) is 18.7 Å². The van der Waals surface area contributed by atoms with Crippen LogP contribution in [0.4, 0.5) is 8.78 Å². The van der Waals surface area contributed by atoms with Crippen molar-refractivity contribution in [1.82, 2.24) is 5.32 Å². The van der Waals surface area contributed by atoms with Gasteiger partial charge >= 0.3 is 0 Å². The molecule has 1 rings (SSSR count). The third-order valence-electron chi connectivity index (χ3n) is 2.43. The van der Waals surface area contributed by atoms with Crippen LogP contribution >= 0.6 is 0 Å². The van der Waals surface area contributed by atoms with Gasteiger partial charge in [0.05, 0.1) is 6.61 Å². The molecular weight excluding hydrogens is 224 g/mol. The van der Waals surface area contributed by atoms with E-state index in [1.54, 1.807) is 7.05 Å². The predicted octanol–water partition coefficient (Wildman–Crippen LogP) is 3.25. The van der Waals surface area contributed by atoms with E-state index in [4.69, 9.17) is 4.74 Å². The lowest BCUT2D eigenvalue weighted by Gasteiger charge is -2.09. The normalized spacial score (nSPS) is 10.6. The van der Waals surface area contributed by atoms with Gasteiger partial charge in [-0.1, -0.05) is 19.8 Å². The monoisotopic (exact) mass is 243 g/mol. The number of rotatable bonds is 7. The molecule has 0 unspecified atom stereocenters. The molecule has 1 aromatic rings. The molecule has 0 aliphatic heterocycles. The minimum Gasteiger partial charge on any atom is -0.488 e. The zero-order valence-electron chi connectivity index (χ0n) is 10.4. The number of halogens is 2. The van der Waals surface area contributed by atoms with Gasteiger partial charge in [0.1, 0.15) is 0 Å². The molecule has 0 saturated heterocycles. The highest BCUT2D eigenvalue weighted by Gasteiger charge is 2.12. The number of benzene rings is 1. The summed E-state index contributed by atoms with van der Waals surface area (Å²) in [4.78, 5) is 0. The Bertz CT molecular complexity index is 332. The Balaban J connectivity index is 2.65. The third-order valence-corrected chi connectivity index (χ3v) is 2.43. The van der Waals surface area contributed by atoms with E-state index in [0.717, 1.165) is 19.3 Å². The van der Waals surface area contributed by atoms with Gasteiger partial charge in [-0.15, -0.1) is 0 Å². The summed E-state index contributed by atoms with van der Waals surface area (Å²) >= 11 is 0. The van der Waals surface area contributed by atoms with Crippen molar-refractivity contribution in [3.63, 3.8) is 0 Å². The fourth-order valence-corrected chi connectivity index (χ4v) is 1.58. The van der Waals surface area contributed by atoms with Crippen LogP contribution < -0.4 is 10.1 Å². The van der Waals surface area contributed by atoms with Crippen LogP contribution in [-0.4, -0.2) is 13.7 Å². The van der Waals surface area contributed by atoms with Crippen molar-refractivity contribution in [1.29, 1.82) is 0 Å². The molecule has 0 fully saturated rings. The van der Waals surface area contributed by atoms with Gasteiger partial charge in [-0.25, -0.2) is 8.78 Å². The summed E-state index contributed by atoms with van der Waals surface area (Å²) in [6.07, 6.45) is 2.87. The molecule has 0 radical (unpaired) electrons. The molecule has 0 aliphatic carbocycles. The number of hydrogen-bond donors (Lipinski definition) is 1. The van der Waals surface area contributed by atoms with Crippen molar-refractivity contribution in [2.24, 2.45) is 0 Å². The average Bonchev–Trinajstić information content (AvgIpc) is 2.27. The molecule has 0 aliphatic rings. The molecule has 0 atom stereocenters. The quantitative estimate of drug-likeness (QED) is 0.742. The van der Waals surface area contributed by atoms with Gasteiger partial charge in [-0.05, 0) is 31.2 Å². The fraction of sp³-hybridized carbons (Fsp3) is 0.538. The second kappa shape index (κ2) is 7.22.